The van der Waals surface area contributed by atoms with Gasteiger partial charge in [0.25, 0.3) is 11.8 Å². The van der Waals surface area contributed by atoms with Gasteiger partial charge in [0.1, 0.15) is 5.75 Å². The van der Waals surface area contributed by atoms with E-state index >= 15 is 0 Å². The predicted octanol–water partition coefficient (Wildman–Crippen LogP) is 2.96. The molecule has 0 radical (unpaired) electrons. The van der Waals surface area contributed by atoms with E-state index in [-0.39, 0.29) is 23.0 Å². The topological polar surface area (TPSA) is 79.5 Å². The average Bonchev–Trinajstić information content (AvgIpc) is 2.61. The van der Waals surface area contributed by atoms with Crippen LogP contribution < -0.4 is 20.7 Å². The number of carbonyl (C=O) groups excluding carboxylic acids is 2. The summed E-state index contributed by atoms with van der Waals surface area (Å²) >= 11 is 5.17. The van der Waals surface area contributed by atoms with Crippen LogP contribution in [0.2, 0.25) is 0 Å². The van der Waals surface area contributed by atoms with Crippen LogP contribution in [0.1, 0.15) is 34.6 Å². The molecule has 136 valence electrons. The second kappa shape index (κ2) is 8.96. The van der Waals surface area contributed by atoms with Gasteiger partial charge in [-0.05, 0) is 62.5 Å². The van der Waals surface area contributed by atoms with Gasteiger partial charge in [0.2, 0.25) is 0 Å². The molecule has 3 N–H and O–H groups in total. The first-order valence-corrected chi connectivity index (χ1v) is 8.48. The Bertz CT molecular complexity index is 804. The first-order valence-electron chi connectivity index (χ1n) is 8.07. The van der Waals surface area contributed by atoms with E-state index in [9.17, 15) is 9.59 Å². The van der Waals surface area contributed by atoms with Crippen molar-refractivity contribution >= 4 is 34.8 Å². The summed E-state index contributed by atoms with van der Waals surface area (Å²) in [5.41, 5.74) is 1.60. The summed E-state index contributed by atoms with van der Waals surface area (Å²) < 4.78 is 5.17. The number of hydrogen-bond donors (Lipinski definition) is 3. The highest BCUT2D eigenvalue weighted by atomic mass is 32.1. The number of thiocarbonyl (C=S) groups is 1. The van der Waals surface area contributed by atoms with E-state index in [2.05, 4.69) is 16.0 Å². The van der Waals surface area contributed by atoms with E-state index < -0.39 is 0 Å². The Morgan fingerprint density at radius 1 is 1.00 bits per heavy atom. The maximum absolute atomic E-state index is 12.3. The Balaban J connectivity index is 1.97. The molecule has 0 bridgehead atoms. The Morgan fingerprint density at radius 3 is 2.27 bits per heavy atom. The molecule has 2 aromatic rings. The zero-order chi connectivity index (χ0) is 19.1. The summed E-state index contributed by atoms with van der Waals surface area (Å²) in [6.45, 7) is 3.80. The number of anilines is 1. The summed E-state index contributed by atoms with van der Waals surface area (Å²) in [7, 11) is 1.50. The Kier molecular flexibility index (Phi) is 6.68. The van der Waals surface area contributed by atoms with E-state index in [0.29, 0.717) is 22.6 Å². The van der Waals surface area contributed by atoms with Crippen LogP contribution in [0.3, 0.4) is 0 Å². The number of amides is 2. The van der Waals surface area contributed by atoms with Crippen LogP contribution in [0.15, 0.2) is 48.5 Å². The lowest BCUT2D eigenvalue weighted by Gasteiger charge is -2.12. The first-order chi connectivity index (χ1) is 12.4. The van der Waals surface area contributed by atoms with Crippen LogP contribution in [-0.2, 0) is 0 Å². The largest absolute Gasteiger partial charge is 0.496 e. The molecule has 26 heavy (non-hydrogen) atoms. The number of rotatable bonds is 5. The molecule has 0 saturated carbocycles. The SMILES string of the molecule is COc1ccccc1C(=O)NC(=S)Nc1ccc(C(=O)NC(C)C)cc1. The molecule has 0 aliphatic rings. The number of carbonyl (C=O) groups is 2. The van der Waals surface area contributed by atoms with Gasteiger partial charge < -0.3 is 15.4 Å². The molecule has 7 heteroatoms. The Hall–Kier alpha value is -2.93. The maximum atomic E-state index is 12.3. The molecule has 0 heterocycles. The third-order valence-electron chi connectivity index (χ3n) is 3.40. The minimum atomic E-state index is -0.368. The van der Waals surface area contributed by atoms with Crippen molar-refractivity contribution in [3.8, 4) is 5.75 Å². The van der Waals surface area contributed by atoms with Crippen LogP contribution in [0.4, 0.5) is 5.69 Å². The molecule has 0 aromatic heterocycles. The van der Waals surface area contributed by atoms with Crippen LogP contribution in [0.5, 0.6) is 5.75 Å². The van der Waals surface area contributed by atoms with E-state index in [1.54, 1.807) is 48.5 Å². The number of methoxy groups -OCH3 is 1. The summed E-state index contributed by atoms with van der Waals surface area (Å²) in [6, 6.07) is 13.8. The van der Waals surface area contributed by atoms with E-state index in [0.717, 1.165) is 0 Å². The van der Waals surface area contributed by atoms with Crippen molar-refractivity contribution in [2.24, 2.45) is 0 Å². The van der Waals surface area contributed by atoms with Gasteiger partial charge in [0.15, 0.2) is 5.11 Å². The summed E-state index contributed by atoms with van der Waals surface area (Å²) in [5.74, 6) is -0.0419. The number of ether oxygens (including phenoxy) is 1. The van der Waals surface area contributed by atoms with Crippen LogP contribution in [-0.4, -0.2) is 30.1 Å². The number of benzene rings is 2. The zero-order valence-electron chi connectivity index (χ0n) is 14.8. The number of nitrogens with one attached hydrogen (secondary N) is 3. The molecule has 0 unspecified atom stereocenters. The molecule has 0 fully saturated rings. The normalized spacial score (nSPS) is 10.2. The fourth-order valence-electron chi connectivity index (χ4n) is 2.22. The molecule has 0 aliphatic heterocycles. The van der Waals surface area contributed by atoms with Crippen molar-refractivity contribution in [1.82, 2.24) is 10.6 Å². The van der Waals surface area contributed by atoms with E-state index in [1.807, 2.05) is 13.8 Å². The summed E-state index contributed by atoms with van der Waals surface area (Å²) in [5, 5.41) is 8.49. The lowest BCUT2D eigenvalue weighted by molar-refractivity contribution is 0.0941. The zero-order valence-corrected chi connectivity index (χ0v) is 15.6. The highest BCUT2D eigenvalue weighted by molar-refractivity contribution is 7.80. The van der Waals surface area contributed by atoms with Gasteiger partial charge in [0.05, 0.1) is 12.7 Å². The van der Waals surface area contributed by atoms with Crippen molar-refractivity contribution in [1.29, 1.82) is 0 Å². The smallest absolute Gasteiger partial charge is 0.261 e. The lowest BCUT2D eigenvalue weighted by Crippen LogP contribution is -2.34. The number of hydrogen-bond acceptors (Lipinski definition) is 4. The van der Waals surface area contributed by atoms with Gasteiger partial charge in [-0.25, -0.2) is 0 Å². The van der Waals surface area contributed by atoms with Crippen LogP contribution in [0.25, 0.3) is 0 Å². The molecular weight excluding hydrogens is 350 g/mol. The fourth-order valence-corrected chi connectivity index (χ4v) is 2.43. The molecule has 0 saturated heterocycles. The molecule has 2 aromatic carbocycles. The van der Waals surface area contributed by atoms with Gasteiger partial charge in [-0.3, -0.25) is 14.9 Å². The summed E-state index contributed by atoms with van der Waals surface area (Å²) in [6.07, 6.45) is 0. The number of para-hydroxylation sites is 1. The Labute approximate surface area is 157 Å². The molecule has 0 atom stereocenters. The van der Waals surface area contributed by atoms with Gasteiger partial charge in [0, 0.05) is 17.3 Å². The Morgan fingerprint density at radius 2 is 1.65 bits per heavy atom. The molecule has 0 aliphatic carbocycles. The van der Waals surface area contributed by atoms with E-state index in [4.69, 9.17) is 17.0 Å². The highest BCUT2D eigenvalue weighted by Gasteiger charge is 2.13. The highest BCUT2D eigenvalue weighted by Crippen LogP contribution is 2.17. The fraction of sp³-hybridized carbons (Fsp3) is 0.211. The van der Waals surface area contributed by atoms with Crippen molar-refractivity contribution < 1.29 is 14.3 Å². The van der Waals surface area contributed by atoms with Gasteiger partial charge in [-0.2, -0.15) is 0 Å². The summed E-state index contributed by atoms with van der Waals surface area (Å²) in [4.78, 5) is 24.2. The van der Waals surface area contributed by atoms with Crippen LogP contribution >= 0.6 is 12.2 Å². The van der Waals surface area contributed by atoms with Gasteiger partial charge >= 0.3 is 0 Å². The van der Waals surface area contributed by atoms with Crippen molar-refractivity contribution in [3.63, 3.8) is 0 Å². The molecule has 0 spiro atoms. The van der Waals surface area contributed by atoms with Crippen molar-refractivity contribution in [2.75, 3.05) is 12.4 Å². The first kappa shape index (κ1) is 19.4. The standard InChI is InChI=1S/C19H21N3O3S/c1-12(2)20-17(23)13-8-10-14(11-9-13)21-19(26)22-18(24)15-6-4-5-7-16(15)25-3/h4-12H,1-3H3,(H,20,23)(H2,21,22,24,26). The molecule has 2 amide bonds. The second-order valence-corrected chi connectivity index (χ2v) is 6.22. The monoisotopic (exact) mass is 371 g/mol. The molecular formula is C19H21N3O3S. The third kappa shape index (κ3) is 5.29. The third-order valence-corrected chi connectivity index (χ3v) is 3.61. The lowest BCUT2D eigenvalue weighted by atomic mass is 10.2. The second-order valence-electron chi connectivity index (χ2n) is 5.81. The predicted molar refractivity (Wildman–Crippen MR) is 106 cm³/mol. The maximum Gasteiger partial charge on any atom is 0.261 e. The minimum absolute atomic E-state index is 0.0677. The quantitative estimate of drug-likeness (QED) is 0.704. The van der Waals surface area contributed by atoms with Gasteiger partial charge in [-0.1, -0.05) is 12.1 Å². The average molecular weight is 371 g/mol. The van der Waals surface area contributed by atoms with Crippen molar-refractivity contribution in [2.45, 2.75) is 19.9 Å². The minimum Gasteiger partial charge on any atom is -0.496 e. The van der Waals surface area contributed by atoms with Crippen LogP contribution in [0, 0.1) is 0 Å². The van der Waals surface area contributed by atoms with Gasteiger partial charge in [-0.15, -0.1) is 0 Å². The molecule has 6 nitrogen and oxygen atoms in total. The van der Waals surface area contributed by atoms with E-state index in [1.165, 1.54) is 7.11 Å². The van der Waals surface area contributed by atoms with Crippen molar-refractivity contribution in [3.05, 3.63) is 59.7 Å². The molecule has 2 rings (SSSR count).